The van der Waals surface area contributed by atoms with Crippen LogP contribution in [0.4, 0.5) is 0 Å². The van der Waals surface area contributed by atoms with Crippen molar-refractivity contribution in [2.75, 3.05) is 0 Å². The molecule has 0 atom stereocenters. The first-order valence-corrected chi connectivity index (χ1v) is 7.89. The van der Waals surface area contributed by atoms with E-state index in [0.717, 1.165) is 33.2 Å². The van der Waals surface area contributed by atoms with Crippen molar-refractivity contribution in [2.24, 2.45) is 0 Å². The lowest BCUT2D eigenvalue weighted by atomic mass is 9.93. The lowest BCUT2D eigenvalue weighted by Gasteiger charge is -2.14. The summed E-state index contributed by atoms with van der Waals surface area (Å²) in [6.07, 6.45) is 2.08. The summed E-state index contributed by atoms with van der Waals surface area (Å²) in [6, 6.07) is 8.08. The Bertz CT molecular complexity index is 749. The molecule has 0 spiro atoms. The van der Waals surface area contributed by atoms with Gasteiger partial charge in [-0.25, -0.2) is 4.98 Å². The standard InChI is InChI=1S/C16H17ClN2S/c1-16(2,3)14-10-20-15(18-14)9-19-8-7-11-12(17)5-4-6-13(11)19/h4-8,10H,9H2,1-3H3. The molecule has 0 fully saturated rings. The third-order valence-corrected chi connectivity index (χ3v) is 4.55. The zero-order valence-corrected chi connectivity index (χ0v) is 13.4. The molecule has 0 amide bonds. The van der Waals surface area contributed by atoms with Gasteiger partial charge in [-0.15, -0.1) is 11.3 Å². The molecule has 104 valence electrons. The number of nitrogens with zero attached hydrogens (tertiary/aromatic N) is 2. The van der Waals surface area contributed by atoms with E-state index in [0.29, 0.717) is 0 Å². The zero-order valence-electron chi connectivity index (χ0n) is 11.9. The molecular weight excluding hydrogens is 288 g/mol. The molecule has 1 aromatic carbocycles. The average molecular weight is 305 g/mol. The van der Waals surface area contributed by atoms with Crippen LogP contribution in [-0.2, 0) is 12.0 Å². The molecule has 0 unspecified atom stereocenters. The fourth-order valence-corrected chi connectivity index (χ4v) is 3.45. The molecule has 2 heterocycles. The van der Waals surface area contributed by atoms with Gasteiger partial charge in [-0.3, -0.25) is 0 Å². The van der Waals surface area contributed by atoms with E-state index < -0.39 is 0 Å². The maximum absolute atomic E-state index is 6.21. The third-order valence-electron chi connectivity index (χ3n) is 3.39. The van der Waals surface area contributed by atoms with Gasteiger partial charge in [0, 0.05) is 32.9 Å². The third kappa shape index (κ3) is 2.48. The topological polar surface area (TPSA) is 17.8 Å². The SMILES string of the molecule is CC(C)(C)c1csc(Cn2ccc3c(Cl)cccc32)n1. The summed E-state index contributed by atoms with van der Waals surface area (Å²) < 4.78 is 2.20. The van der Waals surface area contributed by atoms with E-state index in [4.69, 9.17) is 16.6 Å². The van der Waals surface area contributed by atoms with Crippen molar-refractivity contribution in [2.45, 2.75) is 32.7 Å². The predicted octanol–water partition coefficient (Wildman–Crippen LogP) is 5.10. The summed E-state index contributed by atoms with van der Waals surface area (Å²) in [5.74, 6) is 0. The molecule has 0 bridgehead atoms. The monoisotopic (exact) mass is 304 g/mol. The predicted molar refractivity (Wildman–Crippen MR) is 86.9 cm³/mol. The van der Waals surface area contributed by atoms with Crippen molar-refractivity contribution >= 4 is 33.8 Å². The minimum absolute atomic E-state index is 0.108. The number of hydrogen-bond acceptors (Lipinski definition) is 2. The highest BCUT2D eigenvalue weighted by atomic mass is 35.5. The highest BCUT2D eigenvalue weighted by Crippen LogP contribution is 2.27. The van der Waals surface area contributed by atoms with Crippen molar-refractivity contribution < 1.29 is 0 Å². The maximum Gasteiger partial charge on any atom is 0.113 e. The average Bonchev–Trinajstić information content (AvgIpc) is 2.98. The van der Waals surface area contributed by atoms with Gasteiger partial charge in [-0.2, -0.15) is 0 Å². The summed E-state index contributed by atoms with van der Waals surface area (Å²) in [5.41, 5.74) is 2.42. The van der Waals surface area contributed by atoms with Gasteiger partial charge in [0.25, 0.3) is 0 Å². The second kappa shape index (κ2) is 4.90. The lowest BCUT2D eigenvalue weighted by Crippen LogP contribution is -2.11. The van der Waals surface area contributed by atoms with Crippen molar-refractivity contribution in [3.63, 3.8) is 0 Å². The molecule has 0 aliphatic carbocycles. The minimum Gasteiger partial charge on any atom is -0.341 e. The molecule has 0 saturated carbocycles. The Balaban J connectivity index is 1.94. The van der Waals surface area contributed by atoms with Gasteiger partial charge < -0.3 is 4.57 Å². The van der Waals surface area contributed by atoms with E-state index in [-0.39, 0.29) is 5.41 Å². The Hall–Kier alpha value is -1.32. The summed E-state index contributed by atoms with van der Waals surface area (Å²) >= 11 is 7.93. The Morgan fingerprint density at radius 3 is 2.75 bits per heavy atom. The molecule has 20 heavy (non-hydrogen) atoms. The van der Waals surface area contributed by atoms with Gasteiger partial charge in [-0.05, 0) is 18.2 Å². The Kier molecular flexibility index (Phi) is 3.35. The summed E-state index contributed by atoms with van der Waals surface area (Å²) in [6.45, 7) is 7.37. The Morgan fingerprint density at radius 2 is 2.05 bits per heavy atom. The molecule has 4 heteroatoms. The molecule has 0 aliphatic heterocycles. The van der Waals surface area contributed by atoms with Crippen LogP contribution in [0.3, 0.4) is 0 Å². The van der Waals surface area contributed by atoms with Crippen LogP contribution in [-0.4, -0.2) is 9.55 Å². The quantitative estimate of drug-likeness (QED) is 0.644. The van der Waals surface area contributed by atoms with Gasteiger partial charge in [0.05, 0.1) is 12.2 Å². The molecule has 0 N–H and O–H groups in total. The van der Waals surface area contributed by atoms with E-state index >= 15 is 0 Å². The van der Waals surface area contributed by atoms with Crippen molar-refractivity contribution in [3.05, 3.63) is 51.6 Å². The van der Waals surface area contributed by atoms with Gasteiger partial charge in [0.15, 0.2) is 0 Å². The number of rotatable bonds is 2. The van der Waals surface area contributed by atoms with E-state index in [1.807, 2.05) is 12.1 Å². The summed E-state index contributed by atoms with van der Waals surface area (Å²) in [7, 11) is 0. The molecule has 3 aromatic rings. The van der Waals surface area contributed by atoms with Gasteiger partial charge >= 0.3 is 0 Å². The number of aromatic nitrogens is 2. The zero-order chi connectivity index (χ0) is 14.3. The number of benzene rings is 1. The molecule has 2 nitrogen and oxygen atoms in total. The van der Waals surface area contributed by atoms with E-state index in [1.54, 1.807) is 11.3 Å². The van der Waals surface area contributed by atoms with Crippen LogP contribution >= 0.6 is 22.9 Å². The van der Waals surface area contributed by atoms with E-state index in [1.165, 1.54) is 0 Å². The van der Waals surface area contributed by atoms with Crippen LogP contribution in [0.1, 0.15) is 31.5 Å². The van der Waals surface area contributed by atoms with Crippen molar-refractivity contribution in [1.29, 1.82) is 0 Å². The van der Waals surface area contributed by atoms with Gasteiger partial charge in [0.2, 0.25) is 0 Å². The highest BCUT2D eigenvalue weighted by molar-refractivity contribution is 7.09. The van der Waals surface area contributed by atoms with E-state index in [2.05, 4.69) is 49.0 Å². The van der Waals surface area contributed by atoms with Crippen molar-refractivity contribution in [3.8, 4) is 0 Å². The molecule has 0 radical (unpaired) electrons. The second-order valence-electron chi connectivity index (χ2n) is 5.99. The fourth-order valence-electron chi connectivity index (χ4n) is 2.20. The van der Waals surface area contributed by atoms with Crippen molar-refractivity contribution in [1.82, 2.24) is 9.55 Å². The number of thiazole rings is 1. The molecule has 0 aliphatic rings. The molecule has 3 rings (SSSR count). The maximum atomic E-state index is 6.21. The van der Waals surface area contributed by atoms with Crippen LogP contribution in [0.2, 0.25) is 5.02 Å². The largest absolute Gasteiger partial charge is 0.341 e. The Labute approximate surface area is 128 Å². The van der Waals surface area contributed by atoms with Gasteiger partial charge in [-0.1, -0.05) is 38.4 Å². The summed E-state index contributed by atoms with van der Waals surface area (Å²) in [5, 5.41) is 5.19. The number of hydrogen-bond donors (Lipinski definition) is 0. The first kappa shape index (κ1) is 13.7. The first-order chi connectivity index (χ1) is 9.45. The molecular formula is C16H17ClN2S. The van der Waals surface area contributed by atoms with Crippen LogP contribution in [0.5, 0.6) is 0 Å². The Morgan fingerprint density at radius 1 is 1.25 bits per heavy atom. The lowest BCUT2D eigenvalue weighted by molar-refractivity contribution is 0.570. The van der Waals surface area contributed by atoms with Crippen LogP contribution in [0.15, 0.2) is 35.8 Å². The number of halogens is 1. The normalized spacial score (nSPS) is 12.2. The molecule has 0 saturated heterocycles. The summed E-state index contributed by atoms with van der Waals surface area (Å²) in [4.78, 5) is 4.75. The van der Waals surface area contributed by atoms with E-state index in [9.17, 15) is 0 Å². The van der Waals surface area contributed by atoms with Crippen LogP contribution in [0.25, 0.3) is 10.9 Å². The first-order valence-electron chi connectivity index (χ1n) is 6.63. The van der Waals surface area contributed by atoms with Gasteiger partial charge in [0.1, 0.15) is 5.01 Å². The molecule has 2 aromatic heterocycles. The smallest absolute Gasteiger partial charge is 0.113 e. The minimum atomic E-state index is 0.108. The number of fused-ring (bicyclic) bond motifs is 1. The van der Waals surface area contributed by atoms with Crippen LogP contribution in [0, 0.1) is 0 Å². The fraction of sp³-hybridized carbons (Fsp3) is 0.312. The second-order valence-corrected chi connectivity index (χ2v) is 7.34. The van der Waals surface area contributed by atoms with Crippen LogP contribution < -0.4 is 0 Å². The highest BCUT2D eigenvalue weighted by Gasteiger charge is 2.17.